The van der Waals surface area contributed by atoms with Crippen LogP contribution in [0.25, 0.3) is 11.4 Å². The van der Waals surface area contributed by atoms with E-state index in [9.17, 15) is 4.79 Å². The average Bonchev–Trinajstić information content (AvgIpc) is 3.03. The monoisotopic (exact) mass is 565 g/mol. The molecule has 2 aromatic carbocycles. The van der Waals surface area contributed by atoms with Gasteiger partial charge in [0.05, 0.1) is 18.4 Å². The Morgan fingerprint density at radius 2 is 1.83 bits per heavy atom. The van der Waals surface area contributed by atoms with Crippen LogP contribution in [0.4, 0.5) is 5.69 Å². The Morgan fingerprint density at radius 3 is 2.64 bits per heavy atom. The number of amides is 1. The van der Waals surface area contributed by atoms with E-state index in [0.717, 1.165) is 37.1 Å². The zero-order valence-electron chi connectivity index (χ0n) is 24.7. The molecule has 218 valence electrons. The predicted molar refractivity (Wildman–Crippen MR) is 164 cm³/mol. The van der Waals surface area contributed by atoms with Crippen LogP contribution in [0.1, 0.15) is 91.5 Å². The first-order valence-corrected chi connectivity index (χ1v) is 15.0. The summed E-state index contributed by atoms with van der Waals surface area (Å²) in [7, 11) is 1.62. The molecule has 0 spiro atoms. The van der Waals surface area contributed by atoms with E-state index in [4.69, 9.17) is 9.47 Å². The molecule has 5 rings (SSSR count). The molecule has 2 aromatic heterocycles. The SMILES string of the molecule is CCCCCc1ncnc(-c2cccnc2Oc2cc(C(=O)Nc3cc(C4CCCCC4)ccc3OC)ccc2C)n1. The maximum atomic E-state index is 13.5. The summed E-state index contributed by atoms with van der Waals surface area (Å²) in [6, 6.07) is 15.2. The predicted octanol–water partition coefficient (Wildman–Crippen LogP) is 8.08. The molecular formula is C34H39N5O3. The van der Waals surface area contributed by atoms with E-state index in [1.54, 1.807) is 25.4 Å². The quantitative estimate of drug-likeness (QED) is 0.184. The molecule has 1 aliphatic rings. The summed E-state index contributed by atoms with van der Waals surface area (Å²) in [4.78, 5) is 31.3. The van der Waals surface area contributed by atoms with Crippen LogP contribution >= 0.6 is 0 Å². The molecule has 8 nitrogen and oxygen atoms in total. The van der Waals surface area contributed by atoms with Crippen LogP contribution in [0.15, 0.2) is 61.1 Å². The number of unbranched alkanes of at least 4 members (excludes halogenated alkanes) is 2. The first kappa shape index (κ1) is 29.2. The number of hydrogen-bond acceptors (Lipinski definition) is 7. The minimum Gasteiger partial charge on any atom is -0.495 e. The third-order valence-corrected chi connectivity index (χ3v) is 7.84. The Morgan fingerprint density at radius 1 is 0.976 bits per heavy atom. The number of aromatic nitrogens is 4. The van der Waals surface area contributed by atoms with Crippen molar-refractivity contribution in [3.63, 3.8) is 0 Å². The molecule has 0 aliphatic heterocycles. The number of rotatable bonds is 11. The van der Waals surface area contributed by atoms with E-state index >= 15 is 0 Å². The van der Waals surface area contributed by atoms with E-state index in [2.05, 4.69) is 44.3 Å². The zero-order valence-corrected chi connectivity index (χ0v) is 24.7. The van der Waals surface area contributed by atoms with Crippen molar-refractivity contribution in [2.75, 3.05) is 12.4 Å². The van der Waals surface area contributed by atoms with E-state index < -0.39 is 0 Å². The molecule has 8 heteroatoms. The highest BCUT2D eigenvalue weighted by Crippen LogP contribution is 2.37. The lowest BCUT2D eigenvalue weighted by atomic mass is 9.84. The Bertz CT molecular complexity index is 1520. The van der Waals surface area contributed by atoms with Gasteiger partial charge in [-0.3, -0.25) is 4.79 Å². The van der Waals surface area contributed by atoms with Crippen molar-refractivity contribution in [1.29, 1.82) is 0 Å². The number of nitrogens with one attached hydrogen (secondary N) is 1. The summed E-state index contributed by atoms with van der Waals surface area (Å²) in [5.41, 5.74) is 3.92. The van der Waals surface area contributed by atoms with Crippen LogP contribution in [0.3, 0.4) is 0 Å². The maximum absolute atomic E-state index is 13.5. The summed E-state index contributed by atoms with van der Waals surface area (Å²) in [5.74, 6) is 3.07. The van der Waals surface area contributed by atoms with Crippen LogP contribution in [-0.4, -0.2) is 33.0 Å². The molecule has 1 aliphatic carbocycles. The fourth-order valence-electron chi connectivity index (χ4n) is 5.42. The largest absolute Gasteiger partial charge is 0.495 e. The van der Waals surface area contributed by atoms with Gasteiger partial charge in [0.1, 0.15) is 23.7 Å². The van der Waals surface area contributed by atoms with Crippen LogP contribution in [0.2, 0.25) is 0 Å². The van der Waals surface area contributed by atoms with Crippen molar-refractivity contribution in [3.8, 4) is 28.8 Å². The van der Waals surface area contributed by atoms with Crippen molar-refractivity contribution >= 4 is 11.6 Å². The minimum absolute atomic E-state index is 0.241. The number of carbonyl (C=O) groups excluding carboxylic acids is 1. The fourth-order valence-corrected chi connectivity index (χ4v) is 5.42. The zero-order chi connectivity index (χ0) is 29.3. The molecule has 2 heterocycles. The van der Waals surface area contributed by atoms with Gasteiger partial charge < -0.3 is 14.8 Å². The van der Waals surface area contributed by atoms with Gasteiger partial charge in [-0.2, -0.15) is 0 Å². The number of ether oxygens (including phenoxy) is 2. The summed E-state index contributed by atoms with van der Waals surface area (Å²) < 4.78 is 11.9. The van der Waals surface area contributed by atoms with E-state index in [1.807, 2.05) is 31.2 Å². The lowest BCUT2D eigenvalue weighted by Crippen LogP contribution is -2.14. The number of hydrogen-bond donors (Lipinski definition) is 1. The van der Waals surface area contributed by atoms with Crippen LogP contribution in [0.5, 0.6) is 17.4 Å². The van der Waals surface area contributed by atoms with Crippen LogP contribution < -0.4 is 14.8 Å². The van der Waals surface area contributed by atoms with Crippen molar-refractivity contribution in [3.05, 3.63) is 83.6 Å². The number of nitrogens with zero attached hydrogens (tertiary/aromatic N) is 4. The Hall–Kier alpha value is -4.33. The highest BCUT2D eigenvalue weighted by atomic mass is 16.5. The summed E-state index contributed by atoms with van der Waals surface area (Å²) >= 11 is 0. The van der Waals surface area contributed by atoms with E-state index in [-0.39, 0.29) is 5.91 Å². The normalized spacial score (nSPS) is 13.5. The van der Waals surface area contributed by atoms with Gasteiger partial charge in [0, 0.05) is 18.2 Å². The van der Waals surface area contributed by atoms with Crippen molar-refractivity contribution in [1.82, 2.24) is 19.9 Å². The number of benzene rings is 2. The van der Waals surface area contributed by atoms with Crippen LogP contribution in [0, 0.1) is 6.92 Å². The minimum atomic E-state index is -0.241. The third-order valence-electron chi connectivity index (χ3n) is 7.84. The molecule has 1 amide bonds. The standard InChI is InChI=1S/C34H39N5O3/c1-4-5-7-14-31-36-22-37-32(39-31)27-13-10-19-35-34(27)42-30-21-26(16-15-23(30)2)33(40)38-28-20-25(17-18-29(28)41-3)24-11-8-6-9-12-24/h10,13,15-22,24H,4-9,11-12,14H2,1-3H3,(H,38,40). The molecule has 0 atom stereocenters. The lowest BCUT2D eigenvalue weighted by molar-refractivity contribution is 0.102. The number of methoxy groups -OCH3 is 1. The summed E-state index contributed by atoms with van der Waals surface area (Å²) in [6.07, 6.45) is 13.4. The van der Waals surface area contributed by atoms with Crippen LogP contribution in [-0.2, 0) is 6.42 Å². The highest BCUT2D eigenvalue weighted by molar-refractivity contribution is 6.05. The van der Waals surface area contributed by atoms with Crippen molar-refractivity contribution < 1.29 is 14.3 Å². The molecule has 0 radical (unpaired) electrons. The third kappa shape index (κ3) is 7.11. The highest BCUT2D eigenvalue weighted by Gasteiger charge is 2.19. The van der Waals surface area contributed by atoms with E-state index in [0.29, 0.717) is 45.9 Å². The lowest BCUT2D eigenvalue weighted by Gasteiger charge is -2.23. The van der Waals surface area contributed by atoms with E-state index in [1.165, 1.54) is 44.0 Å². The van der Waals surface area contributed by atoms with Crippen molar-refractivity contribution in [2.45, 2.75) is 77.6 Å². The molecule has 0 saturated heterocycles. The second-order valence-electron chi connectivity index (χ2n) is 10.9. The molecule has 42 heavy (non-hydrogen) atoms. The first-order chi connectivity index (χ1) is 20.6. The second-order valence-corrected chi connectivity index (χ2v) is 10.9. The maximum Gasteiger partial charge on any atom is 0.255 e. The molecule has 4 aromatic rings. The molecule has 1 N–H and O–H groups in total. The van der Waals surface area contributed by atoms with Gasteiger partial charge in [0.15, 0.2) is 5.82 Å². The topological polar surface area (TPSA) is 99.1 Å². The number of pyridine rings is 1. The van der Waals surface area contributed by atoms with Gasteiger partial charge in [-0.05, 0) is 79.6 Å². The van der Waals surface area contributed by atoms with Gasteiger partial charge in [-0.1, -0.05) is 51.2 Å². The number of carbonyl (C=O) groups is 1. The second kappa shape index (κ2) is 14.0. The van der Waals surface area contributed by atoms with Gasteiger partial charge >= 0.3 is 0 Å². The number of aryl methyl sites for hydroxylation is 2. The molecule has 0 unspecified atom stereocenters. The molecular weight excluding hydrogens is 526 g/mol. The van der Waals surface area contributed by atoms with Gasteiger partial charge in [0.25, 0.3) is 5.91 Å². The summed E-state index contributed by atoms with van der Waals surface area (Å²) in [6.45, 7) is 4.11. The number of anilines is 1. The van der Waals surface area contributed by atoms with Gasteiger partial charge in [0.2, 0.25) is 5.88 Å². The fraction of sp³-hybridized carbons (Fsp3) is 0.382. The first-order valence-electron chi connectivity index (χ1n) is 15.0. The Kier molecular flexibility index (Phi) is 9.74. The van der Waals surface area contributed by atoms with Gasteiger partial charge in [-0.15, -0.1) is 0 Å². The Labute approximate surface area is 248 Å². The van der Waals surface area contributed by atoms with Gasteiger partial charge in [-0.25, -0.2) is 19.9 Å². The summed E-state index contributed by atoms with van der Waals surface area (Å²) in [5, 5.41) is 3.07. The molecule has 0 bridgehead atoms. The molecule has 1 saturated carbocycles. The Balaban J connectivity index is 1.37. The van der Waals surface area contributed by atoms with Crippen molar-refractivity contribution in [2.24, 2.45) is 0 Å². The molecule has 1 fully saturated rings. The average molecular weight is 566 g/mol. The smallest absolute Gasteiger partial charge is 0.255 e.